The van der Waals surface area contributed by atoms with Crippen molar-refractivity contribution in [1.82, 2.24) is 0 Å². The molecule has 0 spiro atoms. The molecular weight excluding hydrogens is 288 g/mol. The van der Waals surface area contributed by atoms with Crippen LogP contribution in [0.2, 0.25) is 0 Å². The molecule has 0 heterocycles. The van der Waals surface area contributed by atoms with Gasteiger partial charge in [0.2, 0.25) is 0 Å². The second-order valence-corrected chi connectivity index (χ2v) is 6.01. The zero-order valence-corrected chi connectivity index (χ0v) is 12.8. The maximum atomic E-state index is 12.4. The predicted molar refractivity (Wildman–Crippen MR) is 87.1 cm³/mol. The molecule has 0 unspecified atom stereocenters. The lowest BCUT2D eigenvalue weighted by Gasteiger charge is -2.26. The summed E-state index contributed by atoms with van der Waals surface area (Å²) in [5.41, 5.74) is 1.83. The van der Waals surface area contributed by atoms with Gasteiger partial charge in [-0.25, -0.2) is 0 Å². The summed E-state index contributed by atoms with van der Waals surface area (Å²) in [6, 6.07) is 18.8. The summed E-state index contributed by atoms with van der Waals surface area (Å²) in [5.74, 6) is -1.93. The molecule has 1 aliphatic rings. The van der Waals surface area contributed by atoms with E-state index in [9.17, 15) is 14.4 Å². The standard InChI is InChI=1S/C20H18O3/c21-17(11-14-7-3-1-4-8-14)20-18(22)12-16(13-19(20)23)15-9-5-2-6-10-15/h1-10,16,20H,11-13H2. The largest absolute Gasteiger partial charge is 0.298 e. The van der Waals surface area contributed by atoms with Crippen LogP contribution in [0.4, 0.5) is 0 Å². The Morgan fingerprint density at radius 2 is 1.35 bits per heavy atom. The third-order valence-electron chi connectivity index (χ3n) is 4.35. The van der Waals surface area contributed by atoms with Crippen molar-refractivity contribution in [2.75, 3.05) is 0 Å². The Morgan fingerprint density at radius 3 is 1.91 bits per heavy atom. The maximum absolute atomic E-state index is 12.4. The molecule has 2 aromatic rings. The Morgan fingerprint density at radius 1 is 0.826 bits per heavy atom. The fraction of sp³-hybridized carbons (Fsp3) is 0.250. The van der Waals surface area contributed by atoms with Gasteiger partial charge >= 0.3 is 0 Å². The summed E-state index contributed by atoms with van der Waals surface area (Å²) in [4.78, 5) is 37.1. The van der Waals surface area contributed by atoms with Gasteiger partial charge in [0.1, 0.15) is 5.92 Å². The first-order chi connectivity index (χ1) is 11.1. The molecule has 1 saturated carbocycles. The topological polar surface area (TPSA) is 51.2 Å². The molecule has 1 aliphatic carbocycles. The number of rotatable bonds is 4. The zero-order valence-electron chi connectivity index (χ0n) is 12.8. The fourth-order valence-corrected chi connectivity index (χ4v) is 3.19. The number of benzene rings is 2. The molecule has 0 aliphatic heterocycles. The van der Waals surface area contributed by atoms with Crippen molar-refractivity contribution < 1.29 is 14.4 Å². The third-order valence-corrected chi connectivity index (χ3v) is 4.35. The van der Waals surface area contributed by atoms with E-state index < -0.39 is 5.92 Å². The van der Waals surface area contributed by atoms with E-state index in [2.05, 4.69) is 0 Å². The van der Waals surface area contributed by atoms with Gasteiger partial charge in [0.25, 0.3) is 0 Å². The van der Waals surface area contributed by atoms with E-state index in [0.29, 0.717) is 0 Å². The summed E-state index contributed by atoms with van der Waals surface area (Å²) in [6.07, 6.45) is 0.668. The molecule has 0 N–H and O–H groups in total. The lowest BCUT2D eigenvalue weighted by Crippen LogP contribution is -2.38. The zero-order chi connectivity index (χ0) is 16.2. The van der Waals surface area contributed by atoms with Crippen molar-refractivity contribution in [3.8, 4) is 0 Å². The minimum atomic E-state index is -1.07. The smallest absolute Gasteiger partial charge is 0.155 e. The number of hydrogen-bond acceptors (Lipinski definition) is 3. The number of carbonyl (C=O) groups excluding carboxylic acids is 3. The van der Waals surface area contributed by atoms with Crippen molar-refractivity contribution in [1.29, 1.82) is 0 Å². The fourth-order valence-electron chi connectivity index (χ4n) is 3.19. The van der Waals surface area contributed by atoms with Crippen molar-refractivity contribution in [2.45, 2.75) is 25.2 Å². The van der Waals surface area contributed by atoms with Gasteiger partial charge in [-0.05, 0) is 17.0 Å². The summed E-state index contributed by atoms with van der Waals surface area (Å²) in [5, 5.41) is 0. The molecule has 0 atom stereocenters. The normalized spacial score (nSPS) is 21.2. The molecule has 1 fully saturated rings. The van der Waals surface area contributed by atoms with Crippen LogP contribution < -0.4 is 0 Å². The van der Waals surface area contributed by atoms with E-state index in [0.717, 1.165) is 11.1 Å². The summed E-state index contributed by atoms with van der Waals surface area (Å²) in [7, 11) is 0. The second-order valence-electron chi connectivity index (χ2n) is 6.01. The monoisotopic (exact) mass is 306 g/mol. The van der Waals surface area contributed by atoms with Crippen LogP contribution in [0.1, 0.15) is 29.9 Å². The third kappa shape index (κ3) is 3.45. The molecule has 3 rings (SSSR count). The Balaban J connectivity index is 1.72. The molecule has 23 heavy (non-hydrogen) atoms. The molecule has 0 bridgehead atoms. The van der Waals surface area contributed by atoms with Crippen molar-refractivity contribution in [3.63, 3.8) is 0 Å². The molecule has 116 valence electrons. The number of ketones is 3. The van der Waals surface area contributed by atoms with Gasteiger partial charge in [-0.3, -0.25) is 14.4 Å². The van der Waals surface area contributed by atoms with Crippen LogP contribution in [-0.2, 0) is 20.8 Å². The lowest BCUT2D eigenvalue weighted by atomic mass is 9.74. The summed E-state index contributed by atoms with van der Waals surface area (Å²) >= 11 is 0. The van der Waals surface area contributed by atoms with Crippen molar-refractivity contribution >= 4 is 17.3 Å². The number of hydrogen-bond donors (Lipinski definition) is 0. The molecule has 0 radical (unpaired) electrons. The highest BCUT2D eigenvalue weighted by Gasteiger charge is 2.40. The average molecular weight is 306 g/mol. The Hall–Kier alpha value is -2.55. The Kier molecular flexibility index (Phi) is 4.47. The molecule has 0 amide bonds. The SMILES string of the molecule is O=C(Cc1ccccc1)C1C(=O)CC(c2ccccc2)CC1=O. The summed E-state index contributed by atoms with van der Waals surface area (Å²) < 4.78 is 0. The van der Waals surface area contributed by atoms with Crippen LogP contribution in [0.25, 0.3) is 0 Å². The molecule has 3 heteroatoms. The lowest BCUT2D eigenvalue weighted by molar-refractivity contribution is -0.142. The molecule has 0 saturated heterocycles. The predicted octanol–water partition coefficient (Wildman–Crippen LogP) is 3.13. The second kappa shape index (κ2) is 6.69. The molecule has 2 aromatic carbocycles. The molecule has 0 aromatic heterocycles. The van der Waals surface area contributed by atoms with Crippen molar-refractivity contribution in [3.05, 3.63) is 71.8 Å². The Bertz CT molecular complexity index is 701. The van der Waals surface area contributed by atoms with Crippen LogP contribution in [0.5, 0.6) is 0 Å². The van der Waals surface area contributed by atoms with Crippen LogP contribution in [0.15, 0.2) is 60.7 Å². The van der Waals surface area contributed by atoms with Gasteiger partial charge in [-0.15, -0.1) is 0 Å². The van der Waals surface area contributed by atoms with Crippen LogP contribution in [0.3, 0.4) is 0 Å². The highest BCUT2D eigenvalue weighted by molar-refractivity contribution is 6.21. The highest BCUT2D eigenvalue weighted by atomic mass is 16.2. The van der Waals surface area contributed by atoms with Gasteiger partial charge in [0.15, 0.2) is 17.3 Å². The maximum Gasteiger partial charge on any atom is 0.155 e. The van der Waals surface area contributed by atoms with Crippen LogP contribution in [0, 0.1) is 5.92 Å². The van der Waals surface area contributed by atoms with E-state index in [4.69, 9.17) is 0 Å². The quantitative estimate of drug-likeness (QED) is 0.815. The summed E-state index contributed by atoms with van der Waals surface area (Å²) in [6.45, 7) is 0. The first-order valence-electron chi connectivity index (χ1n) is 7.82. The van der Waals surface area contributed by atoms with Gasteiger partial charge in [-0.2, -0.15) is 0 Å². The van der Waals surface area contributed by atoms with E-state index >= 15 is 0 Å². The molecule has 3 nitrogen and oxygen atoms in total. The van der Waals surface area contributed by atoms with Crippen molar-refractivity contribution in [2.24, 2.45) is 5.92 Å². The Labute approximate surface area is 135 Å². The highest BCUT2D eigenvalue weighted by Crippen LogP contribution is 2.32. The average Bonchev–Trinajstić information content (AvgIpc) is 2.56. The first-order valence-corrected chi connectivity index (χ1v) is 7.82. The van der Waals surface area contributed by atoms with E-state index in [-0.39, 0.29) is 42.5 Å². The number of Topliss-reactive ketones (excluding diaryl/α,β-unsaturated/α-hetero) is 3. The van der Waals surface area contributed by atoms with Gasteiger partial charge in [0, 0.05) is 19.3 Å². The molecular formula is C20H18O3. The number of carbonyl (C=O) groups is 3. The van der Waals surface area contributed by atoms with Crippen LogP contribution in [-0.4, -0.2) is 17.3 Å². The van der Waals surface area contributed by atoms with Gasteiger partial charge < -0.3 is 0 Å². The van der Waals surface area contributed by atoms with E-state index in [1.54, 1.807) is 0 Å². The first kappa shape index (κ1) is 15.3. The van der Waals surface area contributed by atoms with Gasteiger partial charge in [-0.1, -0.05) is 60.7 Å². The minimum absolute atomic E-state index is 0.100. The van der Waals surface area contributed by atoms with Crippen LogP contribution >= 0.6 is 0 Å². The van der Waals surface area contributed by atoms with E-state index in [1.165, 1.54) is 0 Å². The minimum Gasteiger partial charge on any atom is -0.298 e. The van der Waals surface area contributed by atoms with Gasteiger partial charge in [0.05, 0.1) is 0 Å². The van der Waals surface area contributed by atoms with E-state index in [1.807, 2.05) is 60.7 Å².